The Bertz CT molecular complexity index is 878. The van der Waals surface area contributed by atoms with Crippen molar-refractivity contribution in [3.05, 3.63) is 38.4 Å². The molecule has 0 radical (unpaired) electrons. The number of carbonyl (C=O) groups is 1. The lowest BCUT2D eigenvalue weighted by Crippen LogP contribution is -2.03. The molecule has 10 heteroatoms. The molecule has 0 unspecified atom stereocenters. The van der Waals surface area contributed by atoms with Crippen molar-refractivity contribution in [2.75, 3.05) is 19.1 Å². The van der Waals surface area contributed by atoms with Gasteiger partial charge in [0.15, 0.2) is 11.5 Å². The van der Waals surface area contributed by atoms with Crippen LogP contribution in [0.2, 0.25) is 0 Å². The molecule has 0 spiro atoms. The minimum absolute atomic E-state index is 0.0648. The molecule has 0 aliphatic rings. The molecule has 0 aliphatic heterocycles. The van der Waals surface area contributed by atoms with Crippen LogP contribution in [0.5, 0.6) is 11.5 Å². The molecule has 9 nitrogen and oxygen atoms in total. The maximum Gasteiger partial charge on any atom is 0.315 e. The Balaban J connectivity index is 2.26. The molecule has 1 heterocycles. The quantitative estimate of drug-likeness (QED) is 0.298. The number of benzene rings is 1. The largest absolute Gasteiger partial charge is 0.493 e. The van der Waals surface area contributed by atoms with Crippen LogP contribution in [0, 0.1) is 17.0 Å². The van der Waals surface area contributed by atoms with Crippen molar-refractivity contribution in [2.45, 2.75) is 27.2 Å². The SMILES string of the molecule is CCCOc1c(OC)cc(/C=N\Nc2nc(C)c(C(C)=O)s2)cc1[N+](=O)[O-]. The second-order valence-electron chi connectivity index (χ2n) is 5.54. The zero-order chi connectivity index (χ0) is 20.0. The molecule has 2 rings (SSSR count). The van der Waals surface area contributed by atoms with Crippen molar-refractivity contribution in [3.8, 4) is 11.5 Å². The van der Waals surface area contributed by atoms with Crippen molar-refractivity contribution in [1.29, 1.82) is 0 Å². The van der Waals surface area contributed by atoms with E-state index in [4.69, 9.17) is 9.47 Å². The Labute approximate surface area is 160 Å². The number of nitro groups is 1. The van der Waals surface area contributed by atoms with E-state index in [1.165, 1.54) is 37.7 Å². The lowest BCUT2D eigenvalue weighted by atomic mass is 10.2. The third-order valence-electron chi connectivity index (χ3n) is 3.41. The van der Waals surface area contributed by atoms with Gasteiger partial charge in [-0.05, 0) is 19.4 Å². The highest BCUT2D eigenvalue weighted by Gasteiger charge is 2.22. The van der Waals surface area contributed by atoms with Crippen LogP contribution in [0.4, 0.5) is 10.8 Å². The molecule has 0 bridgehead atoms. The van der Waals surface area contributed by atoms with E-state index in [1.54, 1.807) is 13.0 Å². The standard InChI is InChI=1S/C17H20N4O5S/c1-5-6-26-15-13(21(23)24)7-12(8-14(15)25-4)9-18-20-17-19-10(2)16(27-17)11(3)22/h7-9H,5-6H2,1-4H3,(H,19,20)/b18-9-. The van der Waals surface area contributed by atoms with Crippen molar-refractivity contribution in [2.24, 2.45) is 5.10 Å². The number of nitrogens with one attached hydrogen (secondary N) is 1. The number of methoxy groups -OCH3 is 1. The van der Waals surface area contributed by atoms with Gasteiger partial charge in [-0.2, -0.15) is 5.10 Å². The molecule has 1 aromatic heterocycles. The smallest absolute Gasteiger partial charge is 0.315 e. The number of hydrazone groups is 1. The molecule has 0 saturated heterocycles. The highest BCUT2D eigenvalue weighted by molar-refractivity contribution is 7.17. The maximum absolute atomic E-state index is 11.5. The average molecular weight is 392 g/mol. The summed E-state index contributed by atoms with van der Waals surface area (Å²) in [6.45, 7) is 5.46. The minimum Gasteiger partial charge on any atom is -0.493 e. The molecule has 27 heavy (non-hydrogen) atoms. The fraction of sp³-hybridized carbons (Fsp3) is 0.353. The van der Waals surface area contributed by atoms with Crippen LogP contribution in [0.1, 0.15) is 41.2 Å². The van der Waals surface area contributed by atoms with E-state index < -0.39 is 4.92 Å². The number of anilines is 1. The van der Waals surface area contributed by atoms with Crippen molar-refractivity contribution >= 4 is 34.2 Å². The van der Waals surface area contributed by atoms with Gasteiger partial charge in [-0.15, -0.1) is 0 Å². The Kier molecular flexibility index (Phi) is 6.83. The molecular formula is C17H20N4O5S. The van der Waals surface area contributed by atoms with Crippen molar-refractivity contribution < 1.29 is 19.2 Å². The number of Topliss-reactive ketones (excluding diaryl/α,β-unsaturated/α-hetero) is 1. The zero-order valence-electron chi connectivity index (χ0n) is 15.4. The maximum atomic E-state index is 11.5. The first-order valence-electron chi connectivity index (χ1n) is 8.14. The second kappa shape index (κ2) is 9.08. The Hall–Kier alpha value is -3.01. The van der Waals surface area contributed by atoms with Crippen LogP contribution in [0.25, 0.3) is 0 Å². The fourth-order valence-electron chi connectivity index (χ4n) is 2.25. The van der Waals surface area contributed by atoms with E-state index in [1.807, 2.05) is 6.92 Å². The van der Waals surface area contributed by atoms with Gasteiger partial charge in [0.1, 0.15) is 0 Å². The Morgan fingerprint density at radius 3 is 2.78 bits per heavy atom. The summed E-state index contributed by atoms with van der Waals surface area (Å²) >= 11 is 1.19. The summed E-state index contributed by atoms with van der Waals surface area (Å²) in [4.78, 5) is 27.1. The molecule has 0 amide bonds. The molecule has 0 fully saturated rings. The first-order valence-corrected chi connectivity index (χ1v) is 8.95. The number of carbonyl (C=O) groups excluding carboxylic acids is 1. The van der Waals surface area contributed by atoms with E-state index in [9.17, 15) is 14.9 Å². The number of aromatic nitrogens is 1. The number of ketones is 1. The van der Waals surface area contributed by atoms with Crippen LogP contribution >= 0.6 is 11.3 Å². The monoisotopic (exact) mass is 392 g/mol. The number of ether oxygens (including phenoxy) is 2. The van der Waals surface area contributed by atoms with Gasteiger partial charge < -0.3 is 9.47 Å². The lowest BCUT2D eigenvalue weighted by Gasteiger charge is -2.11. The number of nitro benzene ring substituents is 1. The molecule has 0 saturated carbocycles. The topological polar surface area (TPSA) is 116 Å². The minimum atomic E-state index is -0.526. The van der Waals surface area contributed by atoms with E-state index in [-0.39, 0.29) is 23.0 Å². The zero-order valence-corrected chi connectivity index (χ0v) is 16.3. The molecule has 1 N–H and O–H groups in total. The van der Waals surface area contributed by atoms with Gasteiger partial charge in [0.25, 0.3) is 0 Å². The molecule has 0 aliphatic carbocycles. The number of hydrogen-bond acceptors (Lipinski definition) is 9. The third kappa shape index (κ3) is 5.00. The third-order valence-corrected chi connectivity index (χ3v) is 4.58. The number of hydrogen-bond donors (Lipinski definition) is 1. The summed E-state index contributed by atoms with van der Waals surface area (Å²) < 4.78 is 10.7. The van der Waals surface area contributed by atoms with Crippen molar-refractivity contribution in [1.82, 2.24) is 4.98 Å². The van der Waals surface area contributed by atoms with Crippen LogP contribution < -0.4 is 14.9 Å². The molecule has 144 valence electrons. The van der Waals surface area contributed by atoms with Crippen LogP contribution in [-0.2, 0) is 0 Å². The van der Waals surface area contributed by atoms with Gasteiger partial charge in [-0.3, -0.25) is 20.3 Å². The van der Waals surface area contributed by atoms with Gasteiger partial charge in [0.05, 0.1) is 35.4 Å². The molecule has 0 atom stereocenters. The first-order chi connectivity index (χ1) is 12.9. The van der Waals surface area contributed by atoms with Gasteiger partial charge in [0, 0.05) is 18.6 Å². The predicted octanol–water partition coefficient (Wildman–Crippen LogP) is 3.81. The predicted molar refractivity (Wildman–Crippen MR) is 104 cm³/mol. The average Bonchev–Trinajstić information content (AvgIpc) is 3.00. The van der Waals surface area contributed by atoms with E-state index in [0.717, 1.165) is 0 Å². The highest BCUT2D eigenvalue weighted by atomic mass is 32.1. The van der Waals surface area contributed by atoms with E-state index >= 15 is 0 Å². The summed E-state index contributed by atoms with van der Waals surface area (Å²) in [5.41, 5.74) is 3.60. The first kappa shape index (κ1) is 20.3. The Morgan fingerprint density at radius 2 is 2.22 bits per heavy atom. The highest BCUT2D eigenvalue weighted by Crippen LogP contribution is 2.38. The summed E-state index contributed by atoms with van der Waals surface area (Å²) in [6.07, 6.45) is 2.12. The lowest BCUT2D eigenvalue weighted by molar-refractivity contribution is -0.386. The molecular weight excluding hydrogens is 372 g/mol. The summed E-state index contributed by atoms with van der Waals surface area (Å²) in [5, 5.41) is 15.9. The van der Waals surface area contributed by atoms with E-state index in [2.05, 4.69) is 15.5 Å². The van der Waals surface area contributed by atoms with Gasteiger partial charge in [0.2, 0.25) is 10.9 Å². The van der Waals surface area contributed by atoms with Crippen molar-refractivity contribution in [3.63, 3.8) is 0 Å². The van der Waals surface area contributed by atoms with Crippen LogP contribution in [0.15, 0.2) is 17.2 Å². The number of aryl methyl sites for hydroxylation is 1. The van der Waals surface area contributed by atoms with Gasteiger partial charge in [-0.1, -0.05) is 18.3 Å². The molecule has 1 aromatic carbocycles. The Morgan fingerprint density at radius 1 is 1.48 bits per heavy atom. The number of nitrogens with zero attached hydrogens (tertiary/aromatic N) is 3. The normalized spacial score (nSPS) is 10.8. The summed E-state index contributed by atoms with van der Waals surface area (Å²) in [5.74, 6) is 0.282. The fourth-order valence-corrected chi connectivity index (χ4v) is 3.06. The summed E-state index contributed by atoms with van der Waals surface area (Å²) in [6, 6.07) is 2.95. The van der Waals surface area contributed by atoms with E-state index in [0.29, 0.717) is 34.3 Å². The molecule has 2 aromatic rings. The van der Waals surface area contributed by atoms with Gasteiger partial charge >= 0.3 is 5.69 Å². The number of thiazole rings is 1. The van der Waals surface area contributed by atoms with Gasteiger partial charge in [-0.25, -0.2) is 4.98 Å². The number of rotatable bonds is 9. The second-order valence-corrected chi connectivity index (χ2v) is 6.54. The summed E-state index contributed by atoms with van der Waals surface area (Å²) in [7, 11) is 1.42. The van der Waals surface area contributed by atoms with Crippen LogP contribution in [0.3, 0.4) is 0 Å². The van der Waals surface area contributed by atoms with Crippen LogP contribution in [-0.4, -0.2) is 35.6 Å².